The molecule has 45 heavy (non-hydrogen) atoms. The van der Waals surface area contributed by atoms with Crippen LogP contribution in [0.5, 0.6) is 11.5 Å². The topological polar surface area (TPSA) is 135 Å². The van der Waals surface area contributed by atoms with Gasteiger partial charge < -0.3 is 18.6 Å². The molecule has 14 heteroatoms. The number of allylic oxidation sites excluding steroid dienone is 1. The van der Waals surface area contributed by atoms with E-state index in [0.717, 1.165) is 11.3 Å². The molecule has 4 aromatic rings. The minimum absolute atomic E-state index is 0.103. The second-order valence-corrected chi connectivity index (χ2v) is 11.9. The molecule has 1 aliphatic rings. The molecule has 3 heterocycles. The minimum atomic E-state index is -0.870. The zero-order valence-electron chi connectivity index (χ0n) is 24.8. The standard InChI is InChI=1S/C31H27Cl2N3O8S/c1-6-42-30(38)27-16(4)34-31-35(28(27)17-7-9-24(43-15(2)3)25(11-17)41-5)29(37)26(45-31)12-18-8-10-23(44-18)19-13-22(36(39)40)21(33)14-20(19)32/h7-15,28H,6H2,1-5H3/b26-12-/t28-/m1/s1. The van der Waals surface area contributed by atoms with Gasteiger partial charge >= 0.3 is 5.97 Å². The highest BCUT2D eigenvalue weighted by Crippen LogP contribution is 2.38. The molecular formula is C31H27Cl2N3O8S. The van der Waals surface area contributed by atoms with E-state index >= 15 is 0 Å². The predicted octanol–water partition coefficient (Wildman–Crippen LogP) is 6.07. The molecule has 0 saturated heterocycles. The van der Waals surface area contributed by atoms with Gasteiger partial charge in [-0.3, -0.25) is 19.5 Å². The first-order valence-electron chi connectivity index (χ1n) is 13.7. The van der Waals surface area contributed by atoms with Crippen molar-refractivity contribution in [1.82, 2.24) is 4.57 Å². The lowest BCUT2D eigenvalue weighted by Gasteiger charge is -2.25. The Balaban J connectivity index is 1.64. The number of thiazole rings is 1. The van der Waals surface area contributed by atoms with Crippen molar-refractivity contribution < 1.29 is 28.3 Å². The van der Waals surface area contributed by atoms with E-state index in [1.807, 2.05) is 13.8 Å². The molecule has 0 N–H and O–H groups in total. The van der Waals surface area contributed by atoms with Crippen LogP contribution in [0.25, 0.3) is 17.4 Å². The van der Waals surface area contributed by atoms with Gasteiger partial charge in [0.25, 0.3) is 11.2 Å². The Labute approximate surface area is 270 Å². The first-order chi connectivity index (χ1) is 21.4. The number of esters is 1. The molecule has 11 nitrogen and oxygen atoms in total. The molecule has 0 aliphatic carbocycles. The van der Waals surface area contributed by atoms with Crippen LogP contribution in [-0.2, 0) is 9.53 Å². The minimum Gasteiger partial charge on any atom is -0.493 e. The van der Waals surface area contributed by atoms with Crippen LogP contribution < -0.4 is 24.4 Å². The molecule has 0 saturated carbocycles. The zero-order chi connectivity index (χ0) is 32.6. The number of methoxy groups -OCH3 is 1. The number of benzene rings is 2. The Bertz CT molecular complexity index is 2040. The molecule has 0 amide bonds. The lowest BCUT2D eigenvalue weighted by molar-refractivity contribution is -0.384. The first-order valence-corrected chi connectivity index (χ1v) is 15.3. The number of nitrogens with zero attached hydrogens (tertiary/aromatic N) is 3. The van der Waals surface area contributed by atoms with Crippen molar-refractivity contribution in [2.45, 2.75) is 39.8 Å². The monoisotopic (exact) mass is 671 g/mol. The maximum Gasteiger partial charge on any atom is 0.338 e. The fourth-order valence-electron chi connectivity index (χ4n) is 4.88. The van der Waals surface area contributed by atoms with Crippen LogP contribution in [0.1, 0.15) is 45.1 Å². The van der Waals surface area contributed by atoms with Crippen molar-refractivity contribution in [3.63, 3.8) is 0 Å². The van der Waals surface area contributed by atoms with Crippen LogP contribution >= 0.6 is 34.5 Å². The van der Waals surface area contributed by atoms with E-state index in [1.54, 1.807) is 44.2 Å². The molecule has 2 aromatic carbocycles. The van der Waals surface area contributed by atoms with E-state index in [-0.39, 0.29) is 49.9 Å². The second kappa shape index (κ2) is 12.9. The van der Waals surface area contributed by atoms with Gasteiger partial charge in [-0.2, -0.15) is 0 Å². The summed E-state index contributed by atoms with van der Waals surface area (Å²) in [6, 6.07) is 10.1. The highest BCUT2D eigenvalue weighted by Gasteiger charge is 2.34. The molecule has 0 spiro atoms. The highest BCUT2D eigenvalue weighted by molar-refractivity contribution is 7.07. The molecule has 2 aromatic heterocycles. The number of ether oxygens (including phenoxy) is 3. The molecule has 5 rings (SSSR count). The third-order valence-corrected chi connectivity index (χ3v) is 8.38. The summed E-state index contributed by atoms with van der Waals surface area (Å²) < 4.78 is 24.5. The van der Waals surface area contributed by atoms with Crippen molar-refractivity contribution in [3.8, 4) is 22.8 Å². The van der Waals surface area contributed by atoms with Crippen molar-refractivity contribution in [1.29, 1.82) is 0 Å². The van der Waals surface area contributed by atoms with Gasteiger partial charge in [0.05, 0.1) is 51.6 Å². The lowest BCUT2D eigenvalue weighted by Crippen LogP contribution is -2.40. The van der Waals surface area contributed by atoms with Crippen LogP contribution in [0, 0.1) is 10.1 Å². The molecule has 0 fully saturated rings. The normalized spacial score (nSPS) is 14.8. The number of fused-ring (bicyclic) bond motifs is 1. The van der Waals surface area contributed by atoms with Crippen LogP contribution in [-0.4, -0.2) is 35.3 Å². The summed E-state index contributed by atoms with van der Waals surface area (Å²) in [6.07, 6.45) is 1.43. The van der Waals surface area contributed by atoms with Gasteiger partial charge in [0.15, 0.2) is 16.3 Å². The molecule has 1 aliphatic heterocycles. The summed E-state index contributed by atoms with van der Waals surface area (Å²) in [6.45, 7) is 7.32. The third-order valence-electron chi connectivity index (χ3n) is 6.78. The summed E-state index contributed by atoms with van der Waals surface area (Å²) in [5.41, 5.74) is 0.740. The summed E-state index contributed by atoms with van der Waals surface area (Å²) in [5, 5.41) is 11.5. The van der Waals surface area contributed by atoms with Crippen LogP contribution in [0.3, 0.4) is 0 Å². The number of hydrogen-bond acceptors (Lipinski definition) is 10. The van der Waals surface area contributed by atoms with E-state index in [0.29, 0.717) is 33.3 Å². The number of rotatable bonds is 9. The molecule has 1 atom stereocenters. The van der Waals surface area contributed by atoms with Gasteiger partial charge in [0, 0.05) is 17.7 Å². The number of nitro benzene ring substituents is 1. The van der Waals surface area contributed by atoms with Gasteiger partial charge in [0.1, 0.15) is 16.5 Å². The van der Waals surface area contributed by atoms with Gasteiger partial charge in [-0.15, -0.1) is 0 Å². The first kappa shape index (κ1) is 32.0. The van der Waals surface area contributed by atoms with Crippen molar-refractivity contribution in [2.24, 2.45) is 4.99 Å². The van der Waals surface area contributed by atoms with E-state index in [2.05, 4.69) is 4.99 Å². The number of halogens is 2. The van der Waals surface area contributed by atoms with Crippen molar-refractivity contribution in [3.05, 3.63) is 105 Å². The average molecular weight is 673 g/mol. The number of nitro groups is 1. The number of carbonyl (C=O) groups excluding carboxylic acids is 1. The number of furan rings is 1. The van der Waals surface area contributed by atoms with Gasteiger partial charge in [-0.05, 0) is 63.6 Å². The van der Waals surface area contributed by atoms with Crippen molar-refractivity contribution in [2.75, 3.05) is 13.7 Å². The predicted molar refractivity (Wildman–Crippen MR) is 170 cm³/mol. The Hall–Kier alpha value is -4.39. The van der Waals surface area contributed by atoms with E-state index in [9.17, 15) is 19.7 Å². The van der Waals surface area contributed by atoms with Crippen LogP contribution in [0.15, 0.2) is 67.9 Å². The SMILES string of the molecule is CCOC(=O)C1=C(C)N=c2s/c(=C\c3ccc(-c4cc([N+](=O)[O-])c(Cl)cc4Cl)o3)c(=O)n2[C@@H]1c1ccc(OC(C)C)c(OC)c1. The molecule has 234 valence electrons. The molecule has 0 unspecified atom stereocenters. The Morgan fingerprint density at radius 3 is 2.60 bits per heavy atom. The van der Waals surface area contributed by atoms with Gasteiger partial charge in [-0.25, -0.2) is 9.79 Å². The van der Waals surface area contributed by atoms with E-state index < -0.39 is 22.5 Å². The molecule has 0 radical (unpaired) electrons. The summed E-state index contributed by atoms with van der Waals surface area (Å²) in [7, 11) is 1.51. The largest absolute Gasteiger partial charge is 0.493 e. The Morgan fingerprint density at radius 1 is 1.18 bits per heavy atom. The Morgan fingerprint density at radius 2 is 1.93 bits per heavy atom. The summed E-state index contributed by atoms with van der Waals surface area (Å²) >= 11 is 13.4. The second-order valence-electron chi connectivity index (χ2n) is 10.1. The quantitative estimate of drug-likeness (QED) is 0.119. The highest BCUT2D eigenvalue weighted by atomic mass is 35.5. The molecule has 0 bridgehead atoms. The molecular weight excluding hydrogens is 645 g/mol. The summed E-state index contributed by atoms with van der Waals surface area (Å²) in [4.78, 5) is 43.0. The smallest absolute Gasteiger partial charge is 0.338 e. The van der Waals surface area contributed by atoms with Crippen LogP contribution in [0.2, 0.25) is 10.0 Å². The fourth-order valence-corrected chi connectivity index (χ4v) is 6.46. The number of hydrogen-bond donors (Lipinski definition) is 0. The van der Waals surface area contributed by atoms with Gasteiger partial charge in [-0.1, -0.05) is 40.6 Å². The Kier molecular flexibility index (Phi) is 9.19. The number of aromatic nitrogens is 1. The average Bonchev–Trinajstić information content (AvgIpc) is 3.56. The summed E-state index contributed by atoms with van der Waals surface area (Å²) in [5.74, 6) is 0.892. The van der Waals surface area contributed by atoms with Crippen LogP contribution in [0.4, 0.5) is 5.69 Å². The zero-order valence-corrected chi connectivity index (χ0v) is 27.1. The maximum absolute atomic E-state index is 14.0. The van der Waals surface area contributed by atoms with Gasteiger partial charge in [0.2, 0.25) is 0 Å². The van der Waals surface area contributed by atoms with E-state index in [4.69, 9.17) is 41.8 Å². The van der Waals surface area contributed by atoms with Crippen molar-refractivity contribution >= 4 is 52.3 Å². The third kappa shape index (κ3) is 6.26. The lowest BCUT2D eigenvalue weighted by atomic mass is 9.95. The fraction of sp³-hybridized carbons (Fsp3) is 0.258. The maximum atomic E-state index is 14.0. The van der Waals surface area contributed by atoms with E-state index in [1.165, 1.54) is 29.9 Å². The number of carbonyl (C=O) groups is 1.